The minimum atomic E-state index is -1.17. The number of carbonyl (C=O) groups is 2. The molecule has 0 aromatic carbocycles. The van der Waals surface area contributed by atoms with Crippen molar-refractivity contribution < 1.29 is 14.7 Å². The van der Waals surface area contributed by atoms with Crippen LogP contribution >= 0.6 is 0 Å². The van der Waals surface area contributed by atoms with Gasteiger partial charge in [-0.15, -0.1) is 0 Å². The Kier molecular flexibility index (Phi) is 3.67. The maximum absolute atomic E-state index is 12.0. The topological polar surface area (TPSA) is 98.3 Å². The second-order valence-corrected chi connectivity index (χ2v) is 6.03. The minimum absolute atomic E-state index is 0.0431. The van der Waals surface area contributed by atoms with E-state index in [1.807, 2.05) is 0 Å². The highest BCUT2D eigenvalue weighted by Gasteiger charge is 2.38. The predicted molar refractivity (Wildman–Crippen MR) is 75.2 cm³/mol. The highest BCUT2D eigenvalue weighted by Crippen LogP contribution is 2.36. The molecule has 3 rings (SSSR count). The summed E-state index contributed by atoms with van der Waals surface area (Å²) in [5.41, 5.74) is -0.200. The summed E-state index contributed by atoms with van der Waals surface area (Å²) in [5, 5.41) is 11.8. The van der Waals surface area contributed by atoms with Crippen molar-refractivity contribution in [1.82, 2.24) is 20.2 Å². The van der Waals surface area contributed by atoms with Gasteiger partial charge in [0.15, 0.2) is 11.4 Å². The second-order valence-electron chi connectivity index (χ2n) is 6.03. The van der Waals surface area contributed by atoms with Gasteiger partial charge in [-0.2, -0.15) is 0 Å². The van der Waals surface area contributed by atoms with E-state index in [1.54, 1.807) is 0 Å². The summed E-state index contributed by atoms with van der Waals surface area (Å²) in [5.74, 6) is -1.12. The Bertz CT molecular complexity index is 542. The Hall–Kier alpha value is -1.89. The quantitative estimate of drug-likeness (QED) is 0.759. The van der Waals surface area contributed by atoms with Gasteiger partial charge in [-0.3, -0.25) is 4.79 Å². The third-order valence-corrected chi connectivity index (χ3v) is 4.82. The molecule has 7 heteroatoms. The average Bonchev–Trinajstić information content (AvgIpc) is 3.00. The van der Waals surface area contributed by atoms with Crippen LogP contribution in [0.4, 0.5) is 0 Å². The fourth-order valence-corrected chi connectivity index (χ4v) is 3.64. The van der Waals surface area contributed by atoms with Gasteiger partial charge in [0.1, 0.15) is 0 Å². The number of H-pyrrole nitrogens is 1. The number of amides is 1. The smallest absolute Gasteiger partial charge is 0.354 e. The Balaban J connectivity index is 1.57. The fraction of sp³-hybridized carbons (Fsp3) is 0.643. The van der Waals surface area contributed by atoms with E-state index in [2.05, 4.69) is 27.2 Å². The number of nitrogens with zero attached hydrogens (tertiary/aromatic N) is 2. The Labute approximate surface area is 122 Å². The predicted octanol–water partition coefficient (Wildman–Crippen LogP) is 0.710. The standard InChI is InChI=1S/C14H20N4O3/c1-18-9-2-3-10(18)5-8(4-9)6-15-13(19)11-12(14(20)21)17-7-16-11/h7-10H,2-6H2,1H3,(H,15,19)(H,16,17)(H,20,21). The number of rotatable bonds is 4. The van der Waals surface area contributed by atoms with Crippen LogP contribution in [0, 0.1) is 5.92 Å². The van der Waals surface area contributed by atoms with E-state index in [9.17, 15) is 9.59 Å². The molecule has 0 aliphatic carbocycles. The van der Waals surface area contributed by atoms with Crippen molar-refractivity contribution in [2.24, 2.45) is 5.92 Å². The molecule has 0 saturated carbocycles. The first-order chi connectivity index (χ1) is 10.1. The van der Waals surface area contributed by atoms with Gasteiger partial charge in [-0.1, -0.05) is 0 Å². The molecule has 2 bridgehead atoms. The van der Waals surface area contributed by atoms with Gasteiger partial charge in [0.2, 0.25) is 0 Å². The molecule has 7 nitrogen and oxygen atoms in total. The van der Waals surface area contributed by atoms with E-state index < -0.39 is 11.9 Å². The molecule has 2 aliphatic heterocycles. The first-order valence-corrected chi connectivity index (χ1v) is 7.33. The lowest BCUT2D eigenvalue weighted by Crippen LogP contribution is -2.43. The number of carboxylic acid groups (broad SMARTS) is 1. The molecule has 1 aromatic rings. The van der Waals surface area contributed by atoms with E-state index in [0.29, 0.717) is 24.5 Å². The molecule has 3 N–H and O–H groups in total. The molecule has 1 amide bonds. The molecule has 2 fully saturated rings. The lowest BCUT2D eigenvalue weighted by molar-refractivity contribution is 0.0684. The summed E-state index contributed by atoms with van der Waals surface area (Å²) < 4.78 is 0. The maximum Gasteiger partial charge on any atom is 0.354 e. The van der Waals surface area contributed by atoms with Gasteiger partial charge in [0.05, 0.1) is 6.33 Å². The Morgan fingerprint density at radius 2 is 2.10 bits per heavy atom. The van der Waals surface area contributed by atoms with Crippen LogP contribution in [0.15, 0.2) is 6.33 Å². The van der Waals surface area contributed by atoms with Gasteiger partial charge in [0.25, 0.3) is 5.91 Å². The Morgan fingerprint density at radius 3 is 2.71 bits per heavy atom. The number of imidazole rings is 1. The van der Waals surface area contributed by atoms with E-state index >= 15 is 0 Å². The summed E-state index contributed by atoms with van der Waals surface area (Å²) in [7, 11) is 2.18. The Morgan fingerprint density at radius 1 is 1.43 bits per heavy atom. The number of carboxylic acids is 1. The number of piperidine rings is 1. The molecule has 2 saturated heterocycles. The molecule has 0 radical (unpaired) electrons. The monoisotopic (exact) mass is 292 g/mol. The summed E-state index contributed by atoms with van der Waals surface area (Å²) in [6, 6.07) is 1.26. The van der Waals surface area contributed by atoms with E-state index in [-0.39, 0.29) is 11.4 Å². The van der Waals surface area contributed by atoms with E-state index in [0.717, 1.165) is 12.8 Å². The number of hydrogen-bond donors (Lipinski definition) is 3. The highest BCUT2D eigenvalue weighted by atomic mass is 16.4. The lowest BCUT2D eigenvalue weighted by Gasteiger charge is -2.36. The van der Waals surface area contributed by atoms with Gasteiger partial charge < -0.3 is 20.3 Å². The summed E-state index contributed by atoms with van der Waals surface area (Å²) >= 11 is 0. The molecule has 114 valence electrons. The molecule has 2 atom stereocenters. The zero-order valence-electron chi connectivity index (χ0n) is 12.0. The largest absolute Gasteiger partial charge is 0.477 e. The van der Waals surface area contributed by atoms with Crippen LogP contribution in [-0.4, -0.2) is 57.5 Å². The van der Waals surface area contributed by atoms with E-state index in [1.165, 1.54) is 19.2 Å². The zero-order valence-corrected chi connectivity index (χ0v) is 12.0. The number of hydrogen-bond acceptors (Lipinski definition) is 4. The first-order valence-electron chi connectivity index (χ1n) is 7.33. The average molecular weight is 292 g/mol. The van der Waals surface area contributed by atoms with Crippen molar-refractivity contribution in [3.8, 4) is 0 Å². The molecular formula is C14H20N4O3. The number of fused-ring (bicyclic) bond motifs is 2. The number of aromatic nitrogens is 2. The number of carbonyl (C=O) groups excluding carboxylic acids is 1. The van der Waals surface area contributed by atoms with Crippen LogP contribution in [0.5, 0.6) is 0 Å². The number of aromatic amines is 1. The summed E-state index contributed by atoms with van der Waals surface area (Å²) in [6.45, 7) is 0.589. The maximum atomic E-state index is 12.0. The molecule has 0 spiro atoms. The third kappa shape index (κ3) is 2.65. The van der Waals surface area contributed by atoms with Gasteiger partial charge in [-0.05, 0) is 38.6 Å². The van der Waals surface area contributed by atoms with Crippen LogP contribution in [0.3, 0.4) is 0 Å². The summed E-state index contributed by atoms with van der Waals surface area (Å²) in [4.78, 5) is 31.7. The molecule has 1 aromatic heterocycles. The second kappa shape index (κ2) is 5.48. The lowest BCUT2D eigenvalue weighted by atomic mass is 9.91. The minimum Gasteiger partial charge on any atom is -0.477 e. The fourth-order valence-electron chi connectivity index (χ4n) is 3.64. The SMILES string of the molecule is CN1C2CCC1CC(CNC(=O)c1nc[nH]c1C(=O)O)C2. The molecule has 21 heavy (non-hydrogen) atoms. The van der Waals surface area contributed by atoms with Crippen LogP contribution in [0.2, 0.25) is 0 Å². The number of nitrogens with one attached hydrogen (secondary N) is 2. The molecule has 2 unspecified atom stereocenters. The highest BCUT2D eigenvalue weighted by molar-refractivity contribution is 6.02. The van der Waals surface area contributed by atoms with Crippen molar-refractivity contribution >= 4 is 11.9 Å². The van der Waals surface area contributed by atoms with Crippen molar-refractivity contribution in [3.63, 3.8) is 0 Å². The van der Waals surface area contributed by atoms with E-state index in [4.69, 9.17) is 5.11 Å². The van der Waals surface area contributed by atoms with Crippen LogP contribution in [0.25, 0.3) is 0 Å². The van der Waals surface area contributed by atoms with Crippen molar-refractivity contribution in [2.75, 3.05) is 13.6 Å². The molecule has 2 aliphatic rings. The third-order valence-electron chi connectivity index (χ3n) is 4.82. The van der Waals surface area contributed by atoms with Gasteiger partial charge >= 0.3 is 5.97 Å². The normalized spacial score (nSPS) is 28.5. The van der Waals surface area contributed by atoms with Crippen LogP contribution in [-0.2, 0) is 0 Å². The molecule has 3 heterocycles. The van der Waals surface area contributed by atoms with Gasteiger partial charge in [-0.25, -0.2) is 9.78 Å². The zero-order chi connectivity index (χ0) is 15.0. The number of aromatic carboxylic acids is 1. The van der Waals surface area contributed by atoms with Crippen molar-refractivity contribution in [2.45, 2.75) is 37.8 Å². The van der Waals surface area contributed by atoms with Crippen LogP contribution < -0.4 is 5.32 Å². The van der Waals surface area contributed by atoms with Crippen molar-refractivity contribution in [1.29, 1.82) is 0 Å². The first kappa shape index (κ1) is 14.1. The van der Waals surface area contributed by atoms with Crippen LogP contribution in [0.1, 0.15) is 46.7 Å². The molecular weight excluding hydrogens is 272 g/mol. The summed E-state index contributed by atoms with van der Waals surface area (Å²) in [6.07, 6.45) is 5.91. The van der Waals surface area contributed by atoms with Crippen molar-refractivity contribution in [3.05, 3.63) is 17.7 Å². The van der Waals surface area contributed by atoms with Gasteiger partial charge in [0, 0.05) is 18.6 Å².